The van der Waals surface area contributed by atoms with Crippen LogP contribution in [0.1, 0.15) is 35.3 Å². The van der Waals surface area contributed by atoms with Crippen molar-refractivity contribution in [1.29, 1.82) is 0 Å². The van der Waals surface area contributed by atoms with Crippen molar-refractivity contribution in [2.24, 2.45) is 5.73 Å². The maximum absolute atomic E-state index is 13.3. The largest absolute Gasteiger partial charge is 0.485 e. The maximum atomic E-state index is 13.3. The minimum Gasteiger partial charge on any atom is -0.485 e. The zero-order valence-corrected chi connectivity index (χ0v) is 11.4. The molecule has 0 radical (unpaired) electrons. The molecule has 1 aliphatic rings. The number of fused-ring (bicyclic) bond motifs is 1. The molecule has 3 rings (SSSR count). The highest BCUT2D eigenvalue weighted by molar-refractivity contribution is 5.41. The Kier molecular flexibility index (Phi) is 3.37. The molecule has 21 heavy (non-hydrogen) atoms. The first-order valence-electron chi connectivity index (χ1n) is 6.63. The Balaban J connectivity index is 1.98. The van der Waals surface area contributed by atoms with Crippen LogP contribution < -0.4 is 10.5 Å². The van der Waals surface area contributed by atoms with Crippen LogP contribution in [0.5, 0.6) is 5.75 Å². The van der Waals surface area contributed by atoms with Gasteiger partial charge in [0.25, 0.3) is 0 Å². The first-order chi connectivity index (χ1) is 9.95. The van der Waals surface area contributed by atoms with E-state index in [2.05, 4.69) is 0 Å². The quantitative estimate of drug-likeness (QED) is 0.808. The van der Waals surface area contributed by atoms with E-state index in [1.54, 1.807) is 6.07 Å². The van der Waals surface area contributed by atoms with Gasteiger partial charge in [-0.2, -0.15) is 0 Å². The number of nitrogens with two attached hydrogens (primary N) is 1. The van der Waals surface area contributed by atoms with Gasteiger partial charge in [-0.1, -0.05) is 17.7 Å². The molecule has 0 fully saturated rings. The number of hydrogen-bond acceptors (Lipinski definition) is 2. The van der Waals surface area contributed by atoms with Crippen LogP contribution in [0.2, 0.25) is 0 Å². The first-order valence-corrected chi connectivity index (χ1v) is 6.63. The van der Waals surface area contributed by atoms with Gasteiger partial charge in [0, 0.05) is 18.0 Å². The summed E-state index contributed by atoms with van der Waals surface area (Å²) in [4.78, 5) is 0. The average molecular weight is 293 g/mol. The van der Waals surface area contributed by atoms with E-state index in [1.165, 1.54) is 0 Å². The molecule has 1 unspecified atom stereocenters. The lowest BCUT2D eigenvalue weighted by atomic mass is 9.92. The van der Waals surface area contributed by atoms with Crippen molar-refractivity contribution in [2.75, 3.05) is 0 Å². The highest BCUT2D eigenvalue weighted by Gasteiger charge is 2.28. The van der Waals surface area contributed by atoms with Crippen LogP contribution in [-0.2, 0) is 0 Å². The molecular formula is C16H14F3NO. The Bertz CT molecular complexity index is 679. The SMILES string of the molecule is Cc1ccc2c(c1)[C@@H](N)CC(c1cc(F)c(F)c(F)c1)O2. The molecule has 110 valence electrons. The third kappa shape index (κ3) is 2.49. The molecule has 2 aromatic carbocycles. The van der Waals surface area contributed by atoms with Crippen molar-refractivity contribution in [1.82, 2.24) is 0 Å². The Morgan fingerprint density at radius 3 is 2.43 bits per heavy atom. The molecule has 0 aromatic heterocycles. The first kappa shape index (κ1) is 13.9. The minimum absolute atomic E-state index is 0.244. The second kappa shape index (κ2) is 5.07. The fraction of sp³-hybridized carbons (Fsp3) is 0.250. The van der Waals surface area contributed by atoms with Gasteiger partial charge in [0.15, 0.2) is 17.5 Å². The molecular weight excluding hydrogens is 279 g/mol. The van der Waals surface area contributed by atoms with Gasteiger partial charge < -0.3 is 10.5 Å². The summed E-state index contributed by atoms with van der Waals surface area (Å²) in [7, 11) is 0. The Labute approximate surface area is 120 Å². The molecule has 1 aliphatic heterocycles. The predicted molar refractivity (Wildman–Crippen MR) is 72.4 cm³/mol. The van der Waals surface area contributed by atoms with Gasteiger partial charge in [0.1, 0.15) is 11.9 Å². The van der Waals surface area contributed by atoms with Gasteiger partial charge in [0.05, 0.1) is 0 Å². The molecule has 2 atom stereocenters. The Hall–Kier alpha value is -2.01. The van der Waals surface area contributed by atoms with Crippen molar-refractivity contribution in [2.45, 2.75) is 25.5 Å². The second-order valence-corrected chi connectivity index (χ2v) is 5.29. The fourth-order valence-electron chi connectivity index (χ4n) is 2.59. The Morgan fingerprint density at radius 2 is 1.76 bits per heavy atom. The highest BCUT2D eigenvalue weighted by atomic mass is 19.2. The summed E-state index contributed by atoms with van der Waals surface area (Å²) in [5, 5.41) is 0. The van der Waals surface area contributed by atoms with Crippen LogP contribution in [-0.4, -0.2) is 0 Å². The monoisotopic (exact) mass is 293 g/mol. The summed E-state index contributed by atoms with van der Waals surface area (Å²) in [5.74, 6) is -3.34. The molecule has 0 aliphatic carbocycles. The molecule has 0 saturated heterocycles. The predicted octanol–water partition coefficient (Wildman–Crippen LogP) is 3.94. The molecule has 1 heterocycles. The van der Waals surface area contributed by atoms with Crippen molar-refractivity contribution in [3.05, 3.63) is 64.5 Å². The summed E-state index contributed by atoms with van der Waals surface area (Å²) in [6, 6.07) is 7.20. The van der Waals surface area contributed by atoms with Crippen LogP contribution in [0.15, 0.2) is 30.3 Å². The Morgan fingerprint density at radius 1 is 1.10 bits per heavy atom. The van der Waals surface area contributed by atoms with E-state index in [0.717, 1.165) is 23.3 Å². The normalized spacial score (nSPS) is 20.8. The van der Waals surface area contributed by atoms with E-state index in [9.17, 15) is 13.2 Å². The lowest BCUT2D eigenvalue weighted by Gasteiger charge is -2.31. The van der Waals surface area contributed by atoms with Gasteiger partial charge >= 0.3 is 0 Å². The van der Waals surface area contributed by atoms with Crippen LogP contribution in [0.4, 0.5) is 13.2 Å². The number of benzene rings is 2. The van der Waals surface area contributed by atoms with Crippen LogP contribution >= 0.6 is 0 Å². The van der Waals surface area contributed by atoms with Crippen LogP contribution in [0.25, 0.3) is 0 Å². The average Bonchev–Trinajstić information content (AvgIpc) is 2.44. The summed E-state index contributed by atoms with van der Waals surface area (Å²) >= 11 is 0. The lowest BCUT2D eigenvalue weighted by molar-refractivity contribution is 0.160. The van der Waals surface area contributed by atoms with E-state index >= 15 is 0 Å². The van der Waals surface area contributed by atoms with Crippen molar-refractivity contribution in [3.63, 3.8) is 0 Å². The summed E-state index contributed by atoms with van der Waals surface area (Å²) < 4.78 is 45.5. The molecule has 2 N–H and O–H groups in total. The number of hydrogen-bond donors (Lipinski definition) is 1. The molecule has 5 heteroatoms. The molecule has 2 aromatic rings. The molecule has 0 spiro atoms. The minimum atomic E-state index is -1.48. The third-order valence-electron chi connectivity index (χ3n) is 3.68. The van der Waals surface area contributed by atoms with E-state index in [4.69, 9.17) is 10.5 Å². The lowest BCUT2D eigenvalue weighted by Crippen LogP contribution is -2.24. The number of halogens is 3. The summed E-state index contributed by atoms with van der Waals surface area (Å²) in [6.45, 7) is 1.95. The molecule has 0 amide bonds. The smallest absolute Gasteiger partial charge is 0.194 e. The summed E-state index contributed by atoms with van der Waals surface area (Å²) in [5.41, 5.74) is 8.28. The van der Waals surface area contributed by atoms with Gasteiger partial charge in [-0.25, -0.2) is 13.2 Å². The highest BCUT2D eigenvalue weighted by Crippen LogP contribution is 2.40. The van der Waals surface area contributed by atoms with Gasteiger partial charge in [-0.3, -0.25) is 0 Å². The topological polar surface area (TPSA) is 35.2 Å². The molecule has 2 nitrogen and oxygen atoms in total. The number of aryl methyl sites for hydroxylation is 1. The van der Waals surface area contributed by atoms with E-state index < -0.39 is 23.6 Å². The maximum Gasteiger partial charge on any atom is 0.194 e. The standard InChI is InChI=1S/C16H14F3NO/c1-8-2-3-14-10(4-8)13(20)7-15(21-14)9-5-11(17)16(19)12(18)6-9/h2-6,13,15H,7,20H2,1H3/t13-,15?/m0/s1. The van der Waals surface area contributed by atoms with Gasteiger partial charge in [-0.15, -0.1) is 0 Å². The van der Waals surface area contributed by atoms with Gasteiger partial charge in [-0.05, 0) is 30.7 Å². The summed E-state index contributed by atoms with van der Waals surface area (Å²) in [6.07, 6.45) is -0.221. The number of ether oxygens (including phenoxy) is 1. The van der Waals surface area contributed by atoms with Crippen LogP contribution in [0.3, 0.4) is 0 Å². The second-order valence-electron chi connectivity index (χ2n) is 5.29. The fourth-order valence-corrected chi connectivity index (χ4v) is 2.59. The molecule has 0 bridgehead atoms. The van der Waals surface area contributed by atoms with E-state index in [-0.39, 0.29) is 11.6 Å². The van der Waals surface area contributed by atoms with Crippen molar-refractivity contribution >= 4 is 0 Å². The van der Waals surface area contributed by atoms with Crippen molar-refractivity contribution in [3.8, 4) is 5.75 Å². The van der Waals surface area contributed by atoms with E-state index in [1.807, 2.05) is 19.1 Å². The third-order valence-corrected chi connectivity index (χ3v) is 3.68. The van der Waals surface area contributed by atoms with E-state index in [0.29, 0.717) is 12.2 Å². The molecule has 0 saturated carbocycles. The zero-order chi connectivity index (χ0) is 15.1. The van der Waals surface area contributed by atoms with Gasteiger partial charge in [0.2, 0.25) is 0 Å². The van der Waals surface area contributed by atoms with Crippen molar-refractivity contribution < 1.29 is 17.9 Å². The zero-order valence-electron chi connectivity index (χ0n) is 11.4. The van der Waals surface area contributed by atoms with Crippen LogP contribution in [0, 0.1) is 24.4 Å². The number of rotatable bonds is 1.